The van der Waals surface area contributed by atoms with Gasteiger partial charge >= 0.3 is 0 Å². The molecule has 2 rings (SSSR count). The molecule has 0 radical (unpaired) electrons. The molecule has 1 aliphatic heterocycles. The molecular formula is C15H33N. The van der Waals surface area contributed by atoms with Gasteiger partial charge in [0.1, 0.15) is 0 Å². The Hall–Kier alpha value is -0.0400. The maximum Gasteiger partial charge on any atom is -0.00192 e. The van der Waals surface area contributed by atoms with Crippen LogP contribution in [-0.2, 0) is 0 Å². The van der Waals surface area contributed by atoms with Gasteiger partial charge in [-0.15, -0.1) is 0 Å². The highest BCUT2D eigenvalue weighted by Crippen LogP contribution is 2.15. The Balaban J connectivity index is 0.000000267. The van der Waals surface area contributed by atoms with Crippen molar-refractivity contribution >= 4 is 0 Å². The van der Waals surface area contributed by atoms with Gasteiger partial charge < -0.3 is 4.90 Å². The van der Waals surface area contributed by atoms with E-state index in [-0.39, 0.29) is 7.43 Å². The highest BCUT2D eigenvalue weighted by Gasteiger charge is 2.10. The van der Waals surface area contributed by atoms with Crippen LogP contribution in [0.4, 0.5) is 0 Å². The highest BCUT2D eigenvalue weighted by atomic mass is 15.1. The zero-order valence-corrected chi connectivity index (χ0v) is 10.8. The molecule has 1 heteroatoms. The number of likely N-dealkylation sites (tertiary alicyclic amines) is 1. The second-order valence-corrected chi connectivity index (χ2v) is 5.46. The van der Waals surface area contributed by atoms with Crippen molar-refractivity contribution in [2.45, 2.75) is 72.1 Å². The number of nitrogens with zero attached hydrogens (tertiary/aromatic N) is 1. The first-order valence-corrected chi connectivity index (χ1v) is 6.97. The lowest BCUT2D eigenvalue weighted by Gasteiger charge is -2.26. The molecule has 1 saturated carbocycles. The number of rotatable bonds is 0. The van der Waals surface area contributed by atoms with Gasteiger partial charge in [0.05, 0.1) is 0 Å². The summed E-state index contributed by atoms with van der Waals surface area (Å²) in [5, 5.41) is 0. The maximum atomic E-state index is 2.40. The molecule has 0 aromatic carbocycles. The molecule has 98 valence electrons. The van der Waals surface area contributed by atoms with Crippen LogP contribution in [0.1, 0.15) is 72.1 Å². The van der Waals surface area contributed by atoms with Crippen LogP contribution in [0.2, 0.25) is 0 Å². The van der Waals surface area contributed by atoms with Crippen molar-refractivity contribution in [1.29, 1.82) is 0 Å². The molecule has 2 fully saturated rings. The number of hydrogen-bond donors (Lipinski definition) is 0. The Bertz CT molecular complexity index is 107. The summed E-state index contributed by atoms with van der Waals surface area (Å²) in [6, 6.07) is 0. The summed E-state index contributed by atoms with van der Waals surface area (Å²) in [6.45, 7) is 4.95. The van der Waals surface area contributed by atoms with Crippen LogP contribution in [0.15, 0.2) is 0 Å². The first kappa shape index (κ1) is 16.0. The molecule has 0 spiro atoms. The summed E-state index contributed by atoms with van der Waals surface area (Å²) >= 11 is 0. The topological polar surface area (TPSA) is 3.24 Å². The van der Waals surface area contributed by atoms with Gasteiger partial charge in [-0.1, -0.05) is 59.3 Å². The van der Waals surface area contributed by atoms with E-state index < -0.39 is 0 Å². The van der Waals surface area contributed by atoms with Crippen molar-refractivity contribution in [3.63, 3.8) is 0 Å². The van der Waals surface area contributed by atoms with Crippen LogP contribution < -0.4 is 0 Å². The zero-order valence-electron chi connectivity index (χ0n) is 10.8. The molecule has 0 amide bonds. The molecule has 16 heavy (non-hydrogen) atoms. The Kier molecular flexibility index (Phi) is 10.1. The molecule has 0 aromatic heterocycles. The van der Waals surface area contributed by atoms with E-state index in [0.717, 1.165) is 5.92 Å². The van der Waals surface area contributed by atoms with Gasteiger partial charge in [-0.3, -0.25) is 0 Å². The Morgan fingerprint density at radius 1 is 0.750 bits per heavy atom. The van der Waals surface area contributed by atoms with Crippen molar-refractivity contribution < 1.29 is 0 Å². The molecule has 2 aliphatic rings. The van der Waals surface area contributed by atoms with E-state index >= 15 is 0 Å². The van der Waals surface area contributed by atoms with Gasteiger partial charge in [-0.25, -0.2) is 0 Å². The van der Waals surface area contributed by atoms with Gasteiger partial charge in [0.15, 0.2) is 0 Å². The quantitative estimate of drug-likeness (QED) is 0.541. The fraction of sp³-hybridized carbons (Fsp3) is 1.00. The molecule has 1 nitrogen and oxygen atoms in total. The van der Waals surface area contributed by atoms with Crippen LogP contribution >= 0.6 is 0 Å². The van der Waals surface area contributed by atoms with Crippen LogP contribution in [-0.4, -0.2) is 25.0 Å². The monoisotopic (exact) mass is 227 g/mol. The third-order valence-electron chi connectivity index (χ3n) is 3.76. The first-order valence-electron chi connectivity index (χ1n) is 6.97. The summed E-state index contributed by atoms with van der Waals surface area (Å²) in [7, 11) is 2.20. The minimum Gasteiger partial charge on any atom is -0.306 e. The SMILES string of the molecule is C.C1CCCCCC1.CC1CCN(C)CC1. The highest BCUT2D eigenvalue weighted by molar-refractivity contribution is 4.65. The predicted molar refractivity (Wildman–Crippen MR) is 74.9 cm³/mol. The van der Waals surface area contributed by atoms with E-state index in [0.29, 0.717) is 0 Å². The minimum atomic E-state index is 0. The van der Waals surface area contributed by atoms with Gasteiger partial charge in [0, 0.05) is 0 Å². The van der Waals surface area contributed by atoms with Crippen LogP contribution in [0.25, 0.3) is 0 Å². The molecule has 1 heterocycles. The summed E-state index contributed by atoms with van der Waals surface area (Å²) < 4.78 is 0. The predicted octanol–water partition coefficient (Wildman–Crippen LogP) is 4.71. The van der Waals surface area contributed by atoms with Crippen LogP contribution in [0.3, 0.4) is 0 Å². The Morgan fingerprint density at radius 2 is 1.06 bits per heavy atom. The van der Waals surface area contributed by atoms with Crippen molar-refractivity contribution in [2.24, 2.45) is 5.92 Å². The van der Waals surface area contributed by atoms with E-state index in [1.165, 1.54) is 70.9 Å². The second kappa shape index (κ2) is 10.1. The molecule has 0 N–H and O–H groups in total. The van der Waals surface area contributed by atoms with Crippen molar-refractivity contribution in [3.8, 4) is 0 Å². The fourth-order valence-corrected chi connectivity index (χ4v) is 2.38. The van der Waals surface area contributed by atoms with E-state index in [1.54, 1.807) is 0 Å². The Morgan fingerprint density at radius 3 is 1.31 bits per heavy atom. The lowest BCUT2D eigenvalue weighted by atomic mass is 10.00. The summed E-state index contributed by atoms with van der Waals surface area (Å²) in [5.74, 6) is 0.978. The standard InChI is InChI=1S/C7H15N.C7H14.CH4/c1-7-3-5-8(2)6-4-7;1-2-4-6-7-5-3-1;/h7H,3-6H2,1-2H3;1-7H2;1H4. The number of hydrogen-bond acceptors (Lipinski definition) is 1. The van der Waals surface area contributed by atoms with E-state index in [2.05, 4.69) is 18.9 Å². The first-order chi connectivity index (χ1) is 7.29. The average Bonchev–Trinajstić information content (AvgIpc) is 2.55. The molecule has 0 atom stereocenters. The van der Waals surface area contributed by atoms with Gasteiger partial charge in [0.2, 0.25) is 0 Å². The number of piperidine rings is 1. The van der Waals surface area contributed by atoms with Gasteiger partial charge in [0.25, 0.3) is 0 Å². The summed E-state index contributed by atoms with van der Waals surface area (Å²) in [6.07, 6.45) is 13.3. The normalized spacial score (nSPS) is 23.6. The Labute approximate surface area is 104 Å². The molecular weight excluding hydrogens is 194 g/mol. The summed E-state index contributed by atoms with van der Waals surface area (Å²) in [4.78, 5) is 2.40. The average molecular weight is 227 g/mol. The van der Waals surface area contributed by atoms with Crippen molar-refractivity contribution in [3.05, 3.63) is 0 Å². The van der Waals surface area contributed by atoms with E-state index in [4.69, 9.17) is 0 Å². The van der Waals surface area contributed by atoms with Crippen molar-refractivity contribution in [1.82, 2.24) is 4.90 Å². The maximum absolute atomic E-state index is 2.40. The largest absolute Gasteiger partial charge is 0.306 e. The zero-order chi connectivity index (χ0) is 10.9. The third-order valence-corrected chi connectivity index (χ3v) is 3.76. The van der Waals surface area contributed by atoms with Crippen molar-refractivity contribution in [2.75, 3.05) is 20.1 Å². The van der Waals surface area contributed by atoms with E-state index in [9.17, 15) is 0 Å². The van der Waals surface area contributed by atoms with Crippen LogP contribution in [0, 0.1) is 5.92 Å². The molecule has 1 saturated heterocycles. The van der Waals surface area contributed by atoms with Crippen LogP contribution in [0.5, 0.6) is 0 Å². The minimum absolute atomic E-state index is 0. The molecule has 0 unspecified atom stereocenters. The third kappa shape index (κ3) is 8.15. The molecule has 0 aromatic rings. The molecule has 1 aliphatic carbocycles. The fourth-order valence-electron chi connectivity index (χ4n) is 2.38. The van der Waals surface area contributed by atoms with Gasteiger partial charge in [-0.05, 0) is 38.9 Å². The molecule has 0 bridgehead atoms. The lowest BCUT2D eigenvalue weighted by molar-refractivity contribution is 0.230. The second-order valence-electron chi connectivity index (χ2n) is 5.46. The lowest BCUT2D eigenvalue weighted by Crippen LogP contribution is -2.28. The van der Waals surface area contributed by atoms with Gasteiger partial charge in [-0.2, -0.15) is 0 Å². The smallest absolute Gasteiger partial charge is 0.00192 e. The van der Waals surface area contributed by atoms with E-state index in [1.807, 2.05) is 0 Å². The summed E-state index contributed by atoms with van der Waals surface area (Å²) in [5.41, 5.74) is 0.